The zero-order chi connectivity index (χ0) is 46.7. The molecule has 0 bridgehead atoms. The predicted octanol–water partition coefficient (Wildman–Crippen LogP) is 11.6. The molecule has 15 nitrogen and oxygen atoms in total. The number of nitrogen functional groups attached to an aromatic ring is 1. The average Bonchev–Trinajstić information content (AvgIpc) is 3.53. The molecule has 0 aliphatic carbocycles. The summed E-state index contributed by atoms with van der Waals surface area (Å²) < 4.78 is 53.7. The third-order valence-electron chi connectivity index (χ3n) is 11.8. The molecule has 1 aliphatic heterocycles. The minimum Gasteiger partial charge on any atom is -0.387 e. The normalized spacial score (nSPS) is 19.3. The summed E-state index contributed by atoms with van der Waals surface area (Å²) in [6, 6.07) is 1.31. The van der Waals surface area contributed by atoms with Crippen LogP contribution in [0.5, 0.6) is 0 Å². The van der Waals surface area contributed by atoms with Gasteiger partial charge in [-0.2, -0.15) is 21.1 Å². The van der Waals surface area contributed by atoms with Gasteiger partial charge in [0.15, 0.2) is 6.23 Å². The topological polar surface area (TPSA) is 222 Å². The molecule has 1 fully saturated rings. The quantitative estimate of drug-likeness (QED) is 0.0303. The van der Waals surface area contributed by atoms with Gasteiger partial charge in [0.2, 0.25) is 0 Å². The van der Waals surface area contributed by atoms with Gasteiger partial charge in [-0.3, -0.25) is 13.6 Å². The molecule has 1 aliphatic rings. The lowest BCUT2D eigenvalue weighted by Crippen LogP contribution is -2.36. The average molecular weight is 970 g/mol. The van der Waals surface area contributed by atoms with E-state index >= 15 is 0 Å². The third-order valence-corrected chi connectivity index (χ3v) is 15.5. The maximum Gasteiger partial charge on any atom is 0.483 e. The summed E-state index contributed by atoms with van der Waals surface area (Å²) in [6.07, 6.45) is 32.8. The van der Waals surface area contributed by atoms with Crippen molar-refractivity contribution >= 4 is 33.2 Å². The highest BCUT2D eigenvalue weighted by molar-refractivity contribution is 7.99. The van der Waals surface area contributed by atoms with Crippen LogP contribution in [0.4, 0.5) is 5.82 Å². The van der Waals surface area contributed by atoms with Crippen LogP contribution < -0.4 is 11.4 Å². The minimum atomic E-state index is -5.39. The van der Waals surface area contributed by atoms with Crippen LogP contribution in [0.15, 0.2) is 17.1 Å². The molecule has 1 aromatic rings. The lowest BCUT2D eigenvalue weighted by molar-refractivity contribution is -0.0563. The van der Waals surface area contributed by atoms with Gasteiger partial charge < -0.3 is 35.2 Å². The highest BCUT2D eigenvalue weighted by Gasteiger charge is 2.46. The van der Waals surface area contributed by atoms with E-state index in [9.17, 15) is 33.9 Å². The highest BCUT2D eigenvalue weighted by Crippen LogP contribution is 2.61. The number of phosphoric acid groups is 2. The van der Waals surface area contributed by atoms with Crippen LogP contribution in [0, 0.1) is 0 Å². The minimum absolute atomic E-state index is 0.0534. The van der Waals surface area contributed by atoms with Crippen molar-refractivity contribution in [3.8, 4) is 0 Å². The molecule has 6 atom stereocenters. The summed E-state index contributed by atoms with van der Waals surface area (Å²) in [5, 5.41) is 21.3. The SMILES string of the molecule is CCCCCCCCCCCCCCCCCCSCC(COP(=O)(OC[C@H]1O[C@@H](n2ccc(N)nc2=O)[C@@H](O)[C@@H]1O)OP(=O)(O)O)OCCCCCCCCCCCCCCCC. The lowest BCUT2D eigenvalue weighted by Gasteiger charge is -2.24. The summed E-state index contributed by atoms with van der Waals surface area (Å²) in [7, 11) is -10.4. The van der Waals surface area contributed by atoms with E-state index in [-0.39, 0.29) is 12.4 Å². The Morgan fingerprint density at radius 2 is 1.16 bits per heavy atom. The summed E-state index contributed by atoms with van der Waals surface area (Å²) in [5.74, 6) is 1.34. The summed E-state index contributed by atoms with van der Waals surface area (Å²) in [4.78, 5) is 35.2. The number of ether oxygens (including phenoxy) is 2. The fourth-order valence-corrected chi connectivity index (χ4v) is 11.1. The Kier molecular flexibility index (Phi) is 34.3. The Morgan fingerprint density at radius 1 is 0.703 bits per heavy atom. The Bertz CT molecular complexity index is 1440. The summed E-state index contributed by atoms with van der Waals surface area (Å²) >= 11 is 1.68. The van der Waals surface area contributed by atoms with Gasteiger partial charge in [-0.15, -0.1) is 0 Å². The first-order chi connectivity index (χ1) is 30.9. The number of hydrogen-bond donors (Lipinski definition) is 5. The largest absolute Gasteiger partial charge is 0.483 e. The first-order valence-electron chi connectivity index (χ1n) is 25.1. The van der Waals surface area contributed by atoms with E-state index in [1.54, 1.807) is 11.8 Å². The van der Waals surface area contributed by atoms with Crippen molar-refractivity contribution in [3.63, 3.8) is 0 Å². The van der Waals surface area contributed by atoms with Crippen LogP contribution in [0.1, 0.15) is 213 Å². The van der Waals surface area contributed by atoms with Crippen molar-refractivity contribution in [1.29, 1.82) is 0 Å². The molecule has 0 spiro atoms. The van der Waals surface area contributed by atoms with Gasteiger partial charge in [0.25, 0.3) is 0 Å². The standard InChI is InChI=1S/C46H89N3O12P2S/c1-3-5-7-9-11-13-15-17-19-20-22-24-26-28-30-32-36-64-39-40(57-35-31-29-27-25-23-21-18-16-14-12-10-8-6-4-2)37-58-63(56,61-62(53,54)55)59-38-41-43(50)44(51)45(60-41)49-34-33-42(47)48-46(49)52/h33-34,40-41,43-45,50-51H,3-32,35-39H2,1-2H3,(H2,47,48,52)(H2,53,54,55)/t40?,41-,43-,44+,45-,63?/m1/s1. The molecule has 0 amide bonds. The first-order valence-corrected chi connectivity index (χ1v) is 29.2. The lowest BCUT2D eigenvalue weighted by atomic mass is 10.0. The van der Waals surface area contributed by atoms with Crippen LogP contribution in [0.3, 0.4) is 0 Å². The second-order valence-corrected chi connectivity index (χ2v) is 21.9. The van der Waals surface area contributed by atoms with E-state index < -0.39 is 58.6 Å². The van der Waals surface area contributed by atoms with Crippen molar-refractivity contribution in [3.05, 3.63) is 22.7 Å². The van der Waals surface area contributed by atoms with Gasteiger partial charge in [0, 0.05) is 18.6 Å². The molecular weight excluding hydrogens is 881 g/mol. The van der Waals surface area contributed by atoms with Crippen molar-refractivity contribution in [1.82, 2.24) is 9.55 Å². The highest BCUT2D eigenvalue weighted by atomic mass is 32.2. The van der Waals surface area contributed by atoms with Gasteiger partial charge in [-0.25, -0.2) is 13.9 Å². The number of aliphatic hydroxyl groups excluding tert-OH is 2. The van der Waals surface area contributed by atoms with E-state index in [1.165, 1.54) is 173 Å². The second-order valence-electron chi connectivity index (χ2n) is 17.7. The molecule has 0 saturated carbocycles. The number of phosphoric ester groups is 1. The predicted molar refractivity (Wildman–Crippen MR) is 258 cm³/mol. The number of hydrogen-bond acceptors (Lipinski definition) is 13. The molecule has 0 aromatic carbocycles. The van der Waals surface area contributed by atoms with E-state index in [1.807, 2.05) is 0 Å². The number of unbranched alkanes of at least 4 members (excludes halogenated alkanes) is 28. The Morgan fingerprint density at radius 3 is 1.61 bits per heavy atom. The maximum absolute atomic E-state index is 13.7. The smallest absolute Gasteiger partial charge is 0.387 e. The summed E-state index contributed by atoms with van der Waals surface area (Å²) in [6.45, 7) is 3.85. The molecule has 2 heterocycles. The van der Waals surface area contributed by atoms with E-state index in [0.29, 0.717) is 12.4 Å². The molecule has 1 saturated heterocycles. The van der Waals surface area contributed by atoms with Crippen LogP contribution in [-0.2, 0) is 32.0 Å². The number of nitrogens with two attached hydrogens (primary N) is 1. The Balaban J connectivity index is 1.80. The fourth-order valence-electron chi connectivity index (χ4n) is 7.93. The molecule has 6 N–H and O–H groups in total. The van der Waals surface area contributed by atoms with Crippen molar-refractivity contribution in [2.45, 2.75) is 237 Å². The Labute approximate surface area is 390 Å². The zero-order valence-electron chi connectivity index (χ0n) is 39.6. The number of aromatic nitrogens is 2. The number of anilines is 1. The van der Waals surface area contributed by atoms with E-state index in [0.717, 1.165) is 42.4 Å². The van der Waals surface area contributed by atoms with Crippen molar-refractivity contribution < 1.29 is 52.0 Å². The van der Waals surface area contributed by atoms with Crippen molar-refractivity contribution in [2.24, 2.45) is 0 Å². The molecule has 18 heteroatoms. The summed E-state index contributed by atoms with van der Waals surface area (Å²) in [5.41, 5.74) is 4.71. The first kappa shape index (κ1) is 59.3. The van der Waals surface area contributed by atoms with Crippen LogP contribution in [-0.4, -0.2) is 85.3 Å². The van der Waals surface area contributed by atoms with Crippen LogP contribution in [0.25, 0.3) is 0 Å². The molecule has 1 aromatic heterocycles. The van der Waals surface area contributed by atoms with E-state index in [2.05, 4.69) is 23.1 Å². The molecule has 2 rings (SSSR count). The van der Waals surface area contributed by atoms with Crippen LogP contribution >= 0.6 is 27.4 Å². The Hall–Kier alpha value is -0.870. The second kappa shape index (κ2) is 37.1. The number of nitrogens with zero attached hydrogens (tertiary/aromatic N) is 2. The van der Waals surface area contributed by atoms with E-state index in [4.69, 9.17) is 24.3 Å². The van der Waals surface area contributed by atoms with Crippen LogP contribution in [0.2, 0.25) is 0 Å². The van der Waals surface area contributed by atoms with Gasteiger partial charge in [-0.05, 0) is 24.7 Å². The number of aliphatic hydroxyl groups is 2. The molecule has 0 radical (unpaired) electrons. The van der Waals surface area contributed by atoms with Gasteiger partial charge in [-0.1, -0.05) is 194 Å². The number of rotatable bonds is 44. The maximum atomic E-state index is 13.7. The fraction of sp³-hybridized carbons (Fsp3) is 0.913. The molecular formula is C46H89N3O12P2S. The third kappa shape index (κ3) is 29.1. The molecule has 2 unspecified atom stereocenters. The monoisotopic (exact) mass is 970 g/mol. The zero-order valence-corrected chi connectivity index (χ0v) is 42.2. The van der Waals surface area contributed by atoms with Gasteiger partial charge in [0.05, 0.1) is 19.3 Å². The van der Waals surface area contributed by atoms with Crippen molar-refractivity contribution in [2.75, 3.05) is 37.1 Å². The molecule has 64 heavy (non-hydrogen) atoms. The number of thioether (sulfide) groups is 1. The van der Waals surface area contributed by atoms with Gasteiger partial charge in [0.1, 0.15) is 24.1 Å². The van der Waals surface area contributed by atoms with Gasteiger partial charge >= 0.3 is 21.3 Å². The molecule has 376 valence electrons.